The highest BCUT2D eigenvalue weighted by Gasteiger charge is 2.35. The lowest BCUT2D eigenvalue weighted by Gasteiger charge is -2.37. The number of hydrogen-bond donors (Lipinski definition) is 3. The van der Waals surface area contributed by atoms with E-state index < -0.39 is 92.3 Å². The molecular formula is C70H71N11O8. The van der Waals surface area contributed by atoms with E-state index in [0.29, 0.717) is 56.4 Å². The predicted molar refractivity (Wildman–Crippen MR) is 340 cm³/mol. The Bertz CT molecular complexity index is 3800. The Balaban J connectivity index is 1.03. The molecule has 4 aromatic heterocycles. The molecule has 0 saturated carbocycles. The first-order valence-corrected chi connectivity index (χ1v) is 29.4. The Kier molecular flexibility index (Phi) is 21.1. The number of hydrogen-bond acceptors (Lipinski definition) is 13. The van der Waals surface area contributed by atoms with Crippen LogP contribution in [0, 0.1) is 0 Å². The number of aromatic nitrogens is 4. The third kappa shape index (κ3) is 16.4. The standard InChI is InChI=1S/C70H71N11O8/c1-48(52-22-9-5-10-23-52)78(43-63(71)83)67(86)44-77(38-39-89-57-40-60(58-31-17-19-36-72-58)75-61(41-57)59-32-18-20-37-73-59)66(85)45-80(50(3)54-26-13-7-14-27-54)69(88)47-81(51(4)55-28-15-8-16-29-55)68(87)46-79(49(2)53-24-11-6-12-25-53)65(84)42-74-64-35-34-56-30-21-33-62(82)70(56)76-64/h5-37,40-41,48-51,82H,38-39,42-47H2,1-4H3,(H2,71,83)(H,74,76). The summed E-state index contributed by atoms with van der Waals surface area (Å²) in [7, 11) is 0. The van der Waals surface area contributed by atoms with E-state index in [0.717, 1.165) is 11.1 Å². The SMILES string of the molecule is CC(c1ccccc1)N(CC(N)=O)C(=O)CN(CCOc1cc(-c2ccccn2)nc(-c2ccccn2)c1)C(=O)CN(C(=O)CN(C(=O)CN(C(=O)CNc1ccc2cccc(O)c2n1)C(C)c1ccccc1)C(C)c1ccccc1)C(C)c1ccccc1. The second-order valence-corrected chi connectivity index (χ2v) is 21.5. The number of benzene rings is 5. The maximum absolute atomic E-state index is 15.6. The van der Waals surface area contributed by atoms with Crippen LogP contribution in [0.2, 0.25) is 0 Å². The highest BCUT2D eigenvalue weighted by atomic mass is 16.5. The fourth-order valence-electron chi connectivity index (χ4n) is 10.5. The summed E-state index contributed by atoms with van der Waals surface area (Å²) in [5, 5.41) is 14.4. The van der Waals surface area contributed by atoms with E-state index in [9.17, 15) is 19.5 Å². The van der Waals surface area contributed by atoms with Crippen LogP contribution in [0.15, 0.2) is 213 Å². The van der Waals surface area contributed by atoms with E-state index in [-0.39, 0.29) is 25.4 Å². The van der Waals surface area contributed by atoms with Gasteiger partial charge in [0.2, 0.25) is 35.4 Å². The van der Waals surface area contributed by atoms with Crippen molar-refractivity contribution in [3.05, 3.63) is 235 Å². The number of nitrogens with one attached hydrogen (secondary N) is 1. The van der Waals surface area contributed by atoms with Gasteiger partial charge in [0.15, 0.2) is 0 Å². The maximum Gasteiger partial charge on any atom is 0.243 e. The molecule has 0 fully saturated rings. The molecule has 0 aliphatic rings. The smallest absolute Gasteiger partial charge is 0.243 e. The van der Waals surface area contributed by atoms with E-state index in [2.05, 4.69) is 20.3 Å². The lowest BCUT2D eigenvalue weighted by Crippen LogP contribution is -2.52. The number of amides is 6. The van der Waals surface area contributed by atoms with Crippen LogP contribution in [-0.4, -0.2) is 137 Å². The second kappa shape index (κ2) is 30.0. The Morgan fingerprint density at radius 1 is 0.461 bits per heavy atom. The fourth-order valence-corrected chi connectivity index (χ4v) is 10.5. The molecule has 0 aliphatic carbocycles. The van der Waals surface area contributed by atoms with Gasteiger partial charge in [0.1, 0.15) is 49.1 Å². The monoisotopic (exact) mass is 1190 g/mol. The summed E-state index contributed by atoms with van der Waals surface area (Å²) in [6.07, 6.45) is 3.31. The number of ether oxygens (including phenoxy) is 1. The summed E-state index contributed by atoms with van der Waals surface area (Å²) in [5.41, 5.74) is 11.2. The molecule has 6 amide bonds. The molecule has 4 atom stereocenters. The lowest BCUT2D eigenvalue weighted by molar-refractivity contribution is -0.150. The zero-order valence-corrected chi connectivity index (χ0v) is 50.1. The van der Waals surface area contributed by atoms with Crippen LogP contribution in [0.3, 0.4) is 0 Å². The van der Waals surface area contributed by atoms with Crippen molar-refractivity contribution >= 4 is 52.2 Å². The van der Waals surface area contributed by atoms with Crippen LogP contribution in [0.4, 0.5) is 5.82 Å². The molecular weight excluding hydrogens is 1120 g/mol. The van der Waals surface area contributed by atoms with Crippen LogP contribution in [-0.2, 0) is 28.8 Å². The van der Waals surface area contributed by atoms with Crippen molar-refractivity contribution < 1.29 is 38.6 Å². The van der Waals surface area contributed by atoms with Gasteiger partial charge in [-0.05, 0) is 92.4 Å². The zero-order valence-electron chi connectivity index (χ0n) is 50.1. The minimum Gasteiger partial charge on any atom is -0.506 e. The van der Waals surface area contributed by atoms with Crippen LogP contribution in [0.1, 0.15) is 74.1 Å². The average Bonchev–Trinajstić information content (AvgIpc) is 3.44. The summed E-state index contributed by atoms with van der Waals surface area (Å²) in [5.74, 6) is -2.93. The largest absolute Gasteiger partial charge is 0.506 e. The number of pyridine rings is 4. The van der Waals surface area contributed by atoms with Crippen molar-refractivity contribution in [3.63, 3.8) is 0 Å². The molecule has 89 heavy (non-hydrogen) atoms. The number of anilines is 1. The van der Waals surface area contributed by atoms with E-state index in [1.807, 2.05) is 159 Å². The molecule has 5 aromatic carbocycles. The summed E-state index contributed by atoms with van der Waals surface area (Å²) in [6.45, 7) is 4.02. The average molecular weight is 1190 g/mol. The molecule has 0 spiro atoms. The van der Waals surface area contributed by atoms with Crippen LogP contribution in [0.5, 0.6) is 11.5 Å². The van der Waals surface area contributed by atoms with Gasteiger partial charge in [-0.3, -0.25) is 38.7 Å². The van der Waals surface area contributed by atoms with Crippen molar-refractivity contribution in [1.82, 2.24) is 44.4 Å². The molecule has 0 saturated heterocycles. The van der Waals surface area contributed by atoms with Gasteiger partial charge in [0, 0.05) is 29.9 Å². The van der Waals surface area contributed by atoms with Gasteiger partial charge in [-0.1, -0.05) is 146 Å². The highest BCUT2D eigenvalue weighted by molar-refractivity contribution is 5.93. The molecule has 19 nitrogen and oxygen atoms in total. The predicted octanol–water partition coefficient (Wildman–Crippen LogP) is 9.62. The minimum atomic E-state index is -0.769. The molecule has 4 N–H and O–H groups in total. The normalized spacial score (nSPS) is 12.4. The quantitative estimate of drug-likeness (QED) is 0.0435. The van der Waals surface area contributed by atoms with E-state index >= 15 is 14.4 Å². The van der Waals surface area contributed by atoms with Gasteiger partial charge >= 0.3 is 0 Å². The van der Waals surface area contributed by atoms with Gasteiger partial charge in [-0.25, -0.2) is 9.97 Å². The molecule has 454 valence electrons. The number of carbonyl (C=O) groups is 6. The number of nitrogens with two attached hydrogens (primary N) is 1. The summed E-state index contributed by atoms with van der Waals surface area (Å²) in [6, 6.07) is 56.8. The highest BCUT2D eigenvalue weighted by Crippen LogP contribution is 2.30. The Labute approximate surface area is 517 Å². The summed E-state index contributed by atoms with van der Waals surface area (Å²) in [4.78, 5) is 114. The molecule has 19 heteroatoms. The summed E-state index contributed by atoms with van der Waals surface area (Å²) < 4.78 is 6.44. The zero-order chi connectivity index (χ0) is 62.8. The fraction of sp³-hybridized carbons (Fsp3) is 0.229. The number of rotatable bonds is 27. The molecule has 0 radical (unpaired) electrons. The molecule has 9 aromatic rings. The maximum atomic E-state index is 15.6. The Hall–Kier alpha value is -10.8. The van der Waals surface area contributed by atoms with Crippen molar-refractivity contribution in [1.29, 1.82) is 0 Å². The van der Waals surface area contributed by atoms with Gasteiger partial charge in [0.25, 0.3) is 0 Å². The van der Waals surface area contributed by atoms with E-state index in [1.165, 1.54) is 30.6 Å². The Morgan fingerprint density at radius 3 is 1.34 bits per heavy atom. The number of nitrogens with zero attached hydrogens (tertiary/aromatic N) is 9. The molecule has 4 unspecified atom stereocenters. The first-order valence-electron chi connectivity index (χ1n) is 29.4. The molecule has 0 bridgehead atoms. The first-order chi connectivity index (χ1) is 43.1. The minimum absolute atomic E-state index is 0.0188. The number of aromatic hydroxyl groups is 1. The summed E-state index contributed by atoms with van der Waals surface area (Å²) >= 11 is 0. The van der Waals surface area contributed by atoms with Crippen LogP contribution >= 0.6 is 0 Å². The van der Waals surface area contributed by atoms with Crippen molar-refractivity contribution in [2.45, 2.75) is 51.9 Å². The van der Waals surface area contributed by atoms with Crippen LogP contribution in [0.25, 0.3) is 33.7 Å². The van der Waals surface area contributed by atoms with E-state index in [1.54, 1.807) is 75.6 Å². The first kappa shape index (κ1) is 62.7. The van der Waals surface area contributed by atoms with Gasteiger partial charge in [-0.2, -0.15) is 0 Å². The van der Waals surface area contributed by atoms with E-state index in [4.69, 9.17) is 15.5 Å². The number of phenolic OH excluding ortho intramolecular Hbond substituents is 1. The number of phenols is 1. The molecule has 9 rings (SSSR count). The molecule has 0 aliphatic heterocycles. The van der Waals surface area contributed by atoms with Crippen molar-refractivity contribution in [2.24, 2.45) is 5.73 Å². The van der Waals surface area contributed by atoms with Gasteiger partial charge in [0.05, 0.1) is 73.1 Å². The Morgan fingerprint density at radius 2 is 0.888 bits per heavy atom. The number of para-hydroxylation sites is 1. The third-order valence-corrected chi connectivity index (χ3v) is 15.6. The topological polar surface area (TPSA) is 238 Å². The number of carbonyl (C=O) groups excluding carboxylic acids is 6. The lowest BCUT2D eigenvalue weighted by atomic mass is 10.0. The third-order valence-electron chi connectivity index (χ3n) is 15.6. The van der Waals surface area contributed by atoms with Crippen LogP contribution < -0.4 is 15.8 Å². The van der Waals surface area contributed by atoms with Gasteiger partial charge in [-0.15, -0.1) is 0 Å². The number of primary amides is 1. The molecule has 4 heterocycles. The van der Waals surface area contributed by atoms with Gasteiger partial charge < -0.3 is 45.4 Å². The van der Waals surface area contributed by atoms with Crippen molar-refractivity contribution in [3.8, 4) is 34.3 Å². The van der Waals surface area contributed by atoms with Crippen molar-refractivity contribution in [2.75, 3.05) is 57.7 Å². The second-order valence-electron chi connectivity index (χ2n) is 21.5. The number of fused-ring (bicyclic) bond motifs is 1.